The van der Waals surface area contributed by atoms with Crippen LogP contribution in [0.4, 0.5) is 13.2 Å². The lowest BCUT2D eigenvalue weighted by molar-refractivity contribution is -0.139. The van der Waals surface area contributed by atoms with Gasteiger partial charge < -0.3 is 4.74 Å². The topological polar surface area (TPSA) is 22.1 Å². The van der Waals surface area contributed by atoms with Crippen molar-refractivity contribution in [3.05, 3.63) is 41.2 Å². The Morgan fingerprint density at radius 3 is 2.56 bits per heavy atom. The molecule has 0 spiro atoms. The minimum atomic E-state index is -4.44. The van der Waals surface area contributed by atoms with Crippen LogP contribution < -0.4 is 0 Å². The Kier molecular flexibility index (Phi) is 3.26. The Morgan fingerprint density at radius 2 is 1.94 bits per heavy atom. The molecule has 2 aromatic rings. The molecule has 0 aliphatic heterocycles. The average molecular weight is 255 g/mol. The fourth-order valence-electron chi connectivity index (χ4n) is 1.91. The van der Waals surface area contributed by atoms with Gasteiger partial charge in [0.05, 0.1) is 6.61 Å². The number of nitrogens with zero attached hydrogens (tertiary/aromatic N) is 1. The van der Waals surface area contributed by atoms with Crippen LogP contribution in [0, 0.1) is 6.92 Å². The Labute approximate surface area is 102 Å². The van der Waals surface area contributed by atoms with E-state index in [1.165, 1.54) is 12.3 Å². The molecule has 0 atom stereocenters. The highest BCUT2D eigenvalue weighted by atomic mass is 19.4. The molecule has 1 aromatic carbocycles. The van der Waals surface area contributed by atoms with E-state index in [1.54, 1.807) is 26.2 Å². The standard InChI is InChI=1S/C13H12F3NO/c1-8-6-17-12(13(14,15)16)10-4-3-9(7-18-2)5-11(8)10/h3-6H,7H2,1-2H3. The van der Waals surface area contributed by atoms with Crippen LogP contribution in [0.15, 0.2) is 24.4 Å². The van der Waals surface area contributed by atoms with Crippen molar-refractivity contribution >= 4 is 10.8 Å². The molecule has 0 saturated heterocycles. The SMILES string of the molecule is COCc1ccc2c(C(F)(F)F)ncc(C)c2c1. The van der Waals surface area contributed by atoms with Gasteiger partial charge in [-0.25, -0.2) is 0 Å². The van der Waals surface area contributed by atoms with E-state index >= 15 is 0 Å². The Balaban J connectivity index is 2.68. The van der Waals surface area contributed by atoms with Crippen LogP contribution in [0.3, 0.4) is 0 Å². The number of rotatable bonds is 2. The molecule has 0 unspecified atom stereocenters. The van der Waals surface area contributed by atoms with Crippen molar-refractivity contribution < 1.29 is 17.9 Å². The molecule has 0 bridgehead atoms. The summed E-state index contributed by atoms with van der Waals surface area (Å²) in [6.45, 7) is 2.12. The molecule has 0 radical (unpaired) electrons. The Morgan fingerprint density at radius 1 is 1.22 bits per heavy atom. The number of benzene rings is 1. The zero-order valence-corrected chi connectivity index (χ0v) is 10.0. The van der Waals surface area contributed by atoms with Crippen molar-refractivity contribution in [2.45, 2.75) is 19.7 Å². The van der Waals surface area contributed by atoms with Crippen LogP contribution in [0.2, 0.25) is 0 Å². The van der Waals surface area contributed by atoms with Crippen LogP contribution in [0.25, 0.3) is 10.8 Å². The summed E-state index contributed by atoms with van der Waals surface area (Å²) >= 11 is 0. The highest BCUT2D eigenvalue weighted by molar-refractivity contribution is 5.88. The monoisotopic (exact) mass is 255 g/mol. The zero-order chi connectivity index (χ0) is 13.3. The van der Waals surface area contributed by atoms with E-state index in [1.807, 2.05) is 0 Å². The maximum Gasteiger partial charge on any atom is 0.433 e. The van der Waals surface area contributed by atoms with E-state index in [0.717, 1.165) is 11.1 Å². The number of pyridine rings is 1. The fourth-order valence-corrected chi connectivity index (χ4v) is 1.91. The molecule has 18 heavy (non-hydrogen) atoms. The van der Waals surface area contributed by atoms with E-state index in [2.05, 4.69) is 4.98 Å². The number of alkyl halides is 3. The molecular formula is C13H12F3NO. The molecule has 0 saturated carbocycles. The van der Waals surface area contributed by atoms with Crippen LogP contribution in [0.5, 0.6) is 0 Å². The largest absolute Gasteiger partial charge is 0.433 e. The second kappa shape index (κ2) is 4.57. The van der Waals surface area contributed by atoms with Gasteiger partial charge in [-0.3, -0.25) is 4.98 Å². The molecule has 2 nitrogen and oxygen atoms in total. The van der Waals surface area contributed by atoms with E-state index in [-0.39, 0.29) is 5.39 Å². The molecule has 0 N–H and O–H groups in total. The zero-order valence-electron chi connectivity index (χ0n) is 10.0. The van der Waals surface area contributed by atoms with Gasteiger partial charge in [0.25, 0.3) is 0 Å². The predicted molar refractivity (Wildman–Crippen MR) is 62.2 cm³/mol. The Hall–Kier alpha value is -1.62. The number of hydrogen-bond donors (Lipinski definition) is 0. The lowest BCUT2D eigenvalue weighted by atomic mass is 10.0. The molecule has 0 amide bonds. The quantitative estimate of drug-likeness (QED) is 0.816. The van der Waals surface area contributed by atoms with E-state index < -0.39 is 11.9 Å². The minimum Gasteiger partial charge on any atom is -0.380 e. The van der Waals surface area contributed by atoms with Crippen molar-refractivity contribution in [3.63, 3.8) is 0 Å². The maximum absolute atomic E-state index is 12.8. The number of aromatic nitrogens is 1. The van der Waals surface area contributed by atoms with Gasteiger partial charge in [0.1, 0.15) is 0 Å². The first kappa shape index (κ1) is 12.8. The van der Waals surface area contributed by atoms with E-state index in [9.17, 15) is 13.2 Å². The first-order chi connectivity index (χ1) is 8.43. The van der Waals surface area contributed by atoms with Gasteiger partial charge in [0.15, 0.2) is 5.69 Å². The minimum absolute atomic E-state index is 0.127. The van der Waals surface area contributed by atoms with Gasteiger partial charge in [0, 0.05) is 18.7 Å². The van der Waals surface area contributed by atoms with Crippen molar-refractivity contribution in [3.8, 4) is 0 Å². The van der Waals surface area contributed by atoms with Crippen molar-refractivity contribution in [1.82, 2.24) is 4.98 Å². The van der Waals surface area contributed by atoms with Crippen LogP contribution >= 0.6 is 0 Å². The second-order valence-corrected chi connectivity index (χ2v) is 4.10. The van der Waals surface area contributed by atoms with Gasteiger partial charge in [-0.05, 0) is 29.5 Å². The molecule has 0 aliphatic rings. The normalized spacial score (nSPS) is 12.1. The molecule has 1 aromatic heterocycles. The molecule has 96 valence electrons. The fraction of sp³-hybridized carbons (Fsp3) is 0.308. The smallest absolute Gasteiger partial charge is 0.380 e. The highest BCUT2D eigenvalue weighted by Gasteiger charge is 2.34. The third-order valence-corrected chi connectivity index (χ3v) is 2.73. The second-order valence-electron chi connectivity index (χ2n) is 4.10. The lowest BCUT2D eigenvalue weighted by Gasteiger charge is -2.12. The number of halogens is 3. The summed E-state index contributed by atoms with van der Waals surface area (Å²) in [5.41, 5.74) is 0.718. The number of aryl methyl sites for hydroxylation is 1. The van der Waals surface area contributed by atoms with Crippen molar-refractivity contribution in [2.24, 2.45) is 0 Å². The summed E-state index contributed by atoms with van der Waals surface area (Å²) in [6.07, 6.45) is -3.18. The predicted octanol–water partition coefficient (Wildman–Crippen LogP) is 3.71. The van der Waals surface area contributed by atoms with Gasteiger partial charge >= 0.3 is 6.18 Å². The van der Waals surface area contributed by atoms with Crippen LogP contribution in [-0.4, -0.2) is 12.1 Å². The third kappa shape index (κ3) is 2.31. The van der Waals surface area contributed by atoms with Crippen molar-refractivity contribution in [1.29, 1.82) is 0 Å². The number of fused-ring (bicyclic) bond motifs is 1. The Bertz CT molecular complexity index is 578. The van der Waals surface area contributed by atoms with Crippen molar-refractivity contribution in [2.75, 3.05) is 7.11 Å². The lowest BCUT2D eigenvalue weighted by Crippen LogP contribution is -2.09. The molecule has 1 heterocycles. The summed E-state index contributed by atoms with van der Waals surface area (Å²) in [6, 6.07) is 4.79. The first-order valence-electron chi connectivity index (χ1n) is 5.38. The summed E-state index contributed by atoms with van der Waals surface area (Å²) in [4.78, 5) is 3.50. The van der Waals surface area contributed by atoms with Gasteiger partial charge in [-0.1, -0.05) is 12.1 Å². The summed E-state index contributed by atoms with van der Waals surface area (Å²) < 4.78 is 43.4. The highest BCUT2D eigenvalue weighted by Crippen LogP contribution is 2.34. The van der Waals surface area contributed by atoms with E-state index in [0.29, 0.717) is 12.0 Å². The average Bonchev–Trinajstić information content (AvgIpc) is 2.29. The third-order valence-electron chi connectivity index (χ3n) is 2.73. The summed E-state index contributed by atoms with van der Waals surface area (Å²) in [5.74, 6) is 0. The maximum atomic E-state index is 12.8. The van der Waals surface area contributed by atoms with Gasteiger partial charge in [-0.2, -0.15) is 13.2 Å². The molecular weight excluding hydrogens is 243 g/mol. The van der Waals surface area contributed by atoms with Gasteiger partial charge in [-0.15, -0.1) is 0 Å². The first-order valence-corrected chi connectivity index (χ1v) is 5.38. The van der Waals surface area contributed by atoms with Crippen LogP contribution in [-0.2, 0) is 17.5 Å². The molecule has 5 heteroatoms. The molecule has 0 fully saturated rings. The molecule has 0 aliphatic carbocycles. The number of ether oxygens (including phenoxy) is 1. The van der Waals surface area contributed by atoms with Crippen LogP contribution in [0.1, 0.15) is 16.8 Å². The molecule has 2 rings (SSSR count). The number of methoxy groups -OCH3 is 1. The summed E-state index contributed by atoms with van der Waals surface area (Å²) in [5, 5.41) is 0.689. The number of hydrogen-bond acceptors (Lipinski definition) is 2. The van der Waals surface area contributed by atoms with E-state index in [4.69, 9.17) is 4.74 Å². The van der Waals surface area contributed by atoms with Gasteiger partial charge in [0.2, 0.25) is 0 Å². The summed E-state index contributed by atoms with van der Waals surface area (Å²) in [7, 11) is 1.55.